The van der Waals surface area contributed by atoms with Crippen LogP contribution in [0.1, 0.15) is 5.56 Å². The van der Waals surface area contributed by atoms with Crippen molar-refractivity contribution >= 4 is 0 Å². The van der Waals surface area contributed by atoms with Gasteiger partial charge in [0.05, 0.1) is 20.3 Å². The molecule has 102 valence electrons. The van der Waals surface area contributed by atoms with E-state index >= 15 is 0 Å². The van der Waals surface area contributed by atoms with Crippen molar-refractivity contribution in [2.75, 3.05) is 47.5 Å². The highest BCUT2D eigenvalue weighted by atomic mass is 16.5. The highest BCUT2D eigenvalue weighted by molar-refractivity contribution is 5.26. The molecule has 0 bridgehead atoms. The number of benzene rings is 1. The highest BCUT2D eigenvalue weighted by Crippen LogP contribution is 2.10. The van der Waals surface area contributed by atoms with E-state index in [1.54, 1.807) is 7.11 Å². The van der Waals surface area contributed by atoms with Crippen LogP contribution in [0.25, 0.3) is 0 Å². The molecule has 1 rings (SSSR count). The molecular formula is C14H24N2O2. The first-order valence-electron chi connectivity index (χ1n) is 6.28. The van der Waals surface area contributed by atoms with Crippen LogP contribution >= 0.6 is 0 Å². The lowest BCUT2D eigenvalue weighted by molar-refractivity contribution is 0.119. The third kappa shape index (κ3) is 6.59. The topological polar surface area (TPSA) is 33.7 Å². The molecule has 0 heterocycles. The van der Waals surface area contributed by atoms with Crippen molar-refractivity contribution in [3.8, 4) is 5.75 Å². The first-order chi connectivity index (χ1) is 8.72. The van der Waals surface area contributed by atoms with Crippen LogP contribution in [0.4, 0.5) is 0 Å². The SMILES string of the molecule is COc1ccc(CNCCOCCN(C)C)cc1. The third-order valence-electron chi connectivity index (χ3n) is 2.59. The molecule has 4 nitrogen and oxygen atoms in total. The van der Waals surface area contributed by atoms with Gasteiger partial charge in [0.15, 0.2) is 0 Å². The molecule has 0 amide bonds. The van der Waals surface area contributed by atoms with Crippen LogP contribution in [0.2, 0.25) is 0 Å². The largest absolute Gasteiger partial charge is 0.497 e. The Morgan fingerprint density at radius 3 is 2.44 bits per heavy atom. The molecular weight excluding hydrogens is 228 g/mol. The Balaban J connectivity index is 2.03. The average molecular weight is 252 g/mol. The van der Waals surface area contributed by atoms with E-state index < -0.39 is 0 Å². The number of rotatable bonds is 9. The monoisotopic (exact) mass is 252 g/mol. The Hall–Kier alpha value is -1.10. The van der Waals surface area contributed by atoms with E-state index in [2.05, 4.69) is 22.3 Å². The van der Waals surface area contributed by atoms with Crippen molar-refractivity contribution in [3.05, 3.63) is 29.8 Å². The normalized spacial score (nSPS) is 10.9. The number of hydrogen-bond acceptors (Lipinski definition) is 4. The van der Waals surface area contributed by atoms with Gasteiger partial charge in [-0.05, 0) is 31.8 Å². The van der Waals surface area contributed by atoms with Gasteiger partial charge in [0.1, 0.15) is 5.75 Å². The van der Waals surface area contributed by atoms with Gasteiger partial charge in [0.25, 0.3) is 0 Å². The van der Waals surface area contributed by atoms with Gasteiger partial charge in [-0.2, -0.15) is 0 Å². The second-order valence-corrected chi connectivity index (χ2v) is 4.44. The highest BCUT2D eigenvalue weighted by Gasteiger charge is 1.95. The Kier molecular flexibility index (Phi) is 7.41. The molecule has 18 heavy (non-hydrogen) atoms. The van der Waals surface area contributed by atoms with Gasteiger partial charge in [0.2, 0.25) is 0 Å². The summed E-state index contributed by atoms with van der Waals surface area (Å²) in [6.07, 6.45) is 0. The summed E-state index contributed by atoms with van der Waals surface area (Å²) in [4.78, 5) is 2.12. The van der Waals surface area contributed by atoms with Crippen LogP contribution in [0.3, 0.4) is 0 Å². The van der Waals surface area contributed by atoms with E-state index in [9.17, 15) is 0 Å². The third-order valence-corrected chi connectivity index (χ3v) is 2.59. The van der Waals surface area contributed by atoms with Gasteiger partial charge < -0.3 is 19.7 Å². The lowest BCUT2D eigenvalue weighted by Gasteiger charge is -2.10. The smallest absolute Gasteiger partial charge is 0.118 e. The van der Waals surface area contributed by atoms with Crippen molar-refractivity contribution in [3.63, 3.8) is 0 Å². The van der Waals surface area contributed by atoms with E-state index in [4.69, 9.17) is 9.47 Å². The lowest BCUT2D eigenvalue weighted by atomic mass is 10.2. The summed E-state index contributed by atoms with van der Waals surface area (Å²) in [6.45, 7) is 4.25. The Morgan fingerprint density at radius 2 is 1.83 bits per heavy atom. The molecule has 0 radical (unpaired) electrons. The number of hydrogen-bond donors (Lipinski definition) is 1. The summed E-state index contributed by atoms with van der Waals surface area (Å²) in [5, 5.41) is 3.35. The maximum Gasteiger partial charge on any atom is 0.118 e. The minimum absolute atomic E-state index is 0.754. The molecule has 1 aromatic rings. The molecule has 0 spiro atoms. The van der Waals surface area contributed by atoms with Gasteiger partial charge in [-0.25, -0.2) is 0 Å². The quantitative estimate of drug-likeness (QED) is 0.673. The summed E-state index contributed by atoms with van der Waals surface area (Å²) < 4.78 is 10.6. The Morgan fingerprint density at radius 1 is 1.11 bits per heavy atom. The van der Waals surface area contributed by atoms with Crippen molar-refractivity contribution in [1.29, 1.82) is 0 Å². The number of ether oxygens (including phenoxy) is 2. The molecule has 0 aliphatic carbocycles. The summed E-state index contributed by atoms with van der Waals surface area (Å²) in [5.74, 6) is 0.894. The first kappa shape index (κ1) is 15.0. The molecule has 0 aliphatic heterocycles. The van der Waals surface area contributed by atoms with Crippen LogP contribution in [-0.2, 0) is 11.3 Å². The fourth-order valence-corrected chi connectivity index (χ4v) is 1.47. The standard InChI is InChI=1S/C14H24N2O2/c1-16(2)9-11-18-10-8-15-12-13-4-6-14(17-3)7-5-13/h4-7,15H,8-12H2,1-3H3. The molecule has 0 fully saturated rings. The zero-order valence-corrected chi connectivity index (χ0v) is 11.6. The van der Waals surface area contributed by atoms with Crippen LogP contribution in [0.15, 0.2) is 24.3 Å². The minimum Gasteiger partial charge on any atom is -0.497 e. The fraction of sp³-hybridized carbons (Fsp3) is 0.571. The lowest BCUT2D eigenvalue weighted by Crippen LogP contribution is -2.23. The molecule has 4 heteroatoms. The average Bonchev–Trinajstić information content (AvgIpc) is 2.38. The van der Waals surface area contributed by atoms with E-state index in [-0.39, 0.29) is 0 Å². The zero-order chi connectivity index (χ0) is 13.2. The van der Waals surface area contributed by atoms with Gasteiger partial charge in [0, 0.05) is 19.6 Å². The summed E-state index contributed by atoms with van der Waals surface area (Å²) in [6, 6.07) is 8.09. The zero-order valence-electron chi connectivity index (χ0n) is 11.6. The Labute approximate surface area is 110 Å². The van der Waals surface area contributed by atoms with Crippen molar-refractivity contribution in [2.45, 2.75) is 6.54 Å². The van der Waals surface area contributed by atoms with Crippen LogP contribution in [0.5, 0.6) is 5.75 Å². The van der Waals surface area contributed by atoms with Crippen LogP contribution in [0, 0.1) is 0 Å². The van der Waals surface area contributed by atoms with Gasteiger partial charge in [-0.15, -0.1) is 0 Å². The van der Waals surface area contributed by atoms with Crippen molar-refractivity contribution < 1.29 is 9.47 Å². The molecule has 1 N–H and O–H groups in total. The van der Waals surface area contributed by atoms with Gasteiger partial charge in [-0.1, -0.05) is 12.1 Å². The van der Waals surface area contributed by atoms with E-state index in [1.165, 1.54) is 5.56 Å². The molecule has 0 saturated heterocycles. The molecule has 0 atom stereocenters. The molecule has 0 aromatic heterocycles. The first-order valence-corrected chi connectivity index (χ1v) is 6.28. The molecule has 1 aromatic carbocycles. The van der Waals surface area contributed by atoms with Crippen molar-refractivity contribution in [1.82, 2.24) is 10.2 Å². The van der Waals surface area contributed by atoms with Crippen LogP contribution < -0.4 is 10.1 Å². The molecule has 0 saturated carbocycles. The van der Waals surface area contributed by atoms with Gasteiger partial charge >= 0.3 is 0 Å². The van der Waals surface area contributed by atoms with Gasteiger partial charge in [-0.3, -0.25) is 0 Å². The fourth-order valence-electron chi connectivity index (χ4n) is 1.47. The number of likely N-dealkylation sites (N-methyl/N-ethyl adjacent to an activating group) is 1. The summed E-state index contributed by atoms with van der Waals surface area (Å²) >= 11 is 0. The number of nitrogens with one attached hydrogen (secondary N) is 1. The van der Waals surface area contributed by atoms with E-state index in [0.29, 0.717) is 0 Å². The second kappa shape index (κ2) is 8.91. The van der Waals surface area contributed by atoms with E-state index in [0.717, 1.165) is 38.6 Å². The van der Waals surface area contributed by atoms with Crippen molar-refractivity contribution in [2.24, 2.45) is 0 Å². The summed E-state index contributed by atoms with van der Waals surface area (Å²) in [7, 11) is 5.77. The number of nitrogens with zero attached hydrogens (tertiary/aromatic N) is 1. The minimum atomic E-state index is 0.754. The van der Waals surface area contributed by atoms with E-state index in [1.807, 2.05) is 26.2 Å². The predicted octanol–water partition coefficient (Wildman–Crippen LogP) is 1.36. The second-order valence-electron chi connectivity index (χ2n) is 4.44. The maximum atomic E-state index is 5.49. The number of methoxy groups -OCH3 is 1. The Bertz CT molecular complexity index is 312. The molecule has 0 aliphatic rings. The molecule has 0 unspecified atom stereocenters. The maximum absolute atomic E-state index is 5.49. The summed E-state index contributed by atoms with van der Waals surface area (Å²) in [5.41, 5.74) is 1.25. The van der Waals surface area contributed by atoms with Crippen LogP contribution in [-0.4, -0.2) is 52.4 Å². The predicted molar refractivity (Wildman–Crippen MR) is 74.1 cm³/mol.